The number of pyridine rings is 1. The number of piperidine rings is 1. The molecule has 0 saturated carbocycles. The number of halogens is 2. The van der Waals surface area contributed by atoms with E-state index in [2.05, 4.69) is 26.6 Å². The molecule has 3 aromatic rings. The Balaban J connectivity index is 1.21. The van der Waals surface area contributed by atoms with E-state index in [0.29, 0.717) is 22.7 Å². The first-order chi connectivity index (χ1) is 18.0. The summed E-state index contributed by atoms with van der Waals surface area (Å²) in [5.41, 5.74) is 4.60. The van der Waals surface area contributed by atoms with Crippen molar-refractivity contribution in [3.05, 3.63) is 93.2 Å². The molecule has 8 heteroatoms. The highest BCUT2D eigenvalue weighted by Gasteiger charge is 2.25. The van der Waals surface area contributed by atoms with E-state index >= 15 is 0 Å². The Morgan fingerprint density at radius 1 is 0.973 bits per heavy atom. The SMILES string of the molecule is O=C(NC1CCN(c2ccncc2)CC1)c1ccc2c(c1)C(CNC(=O)c1cccc(Cl)c1Cl)CCC2. The molecule has 5 rings (SSSR count). The second-order valence-corrected chi connectivity index (χ2v) is 10.5. The van der Waals surface area contributed by atoms with Crippen LogP contribution >= 0.6 is 23.2 Å². The first-order valence-corrected chi connectivity index (χ1v) is 13.6. The number of carbonyl (C=O) groups excluding carboxylic acids is 2. The fourth-order valence-corrected chi connectivity index (χ4v) is 5.73. The van der Waals surface area contributed by atoms with Crippen LogP contribution in [0.1, 0.15) is 63.4 Å². The fourth-order valence-electron chi connectivity index (χ4n) is 5.35. The molecule has 1 atom stereocenters. The lowest BCUT2D eigenvalue weighted by Crippen LogP contribution is -2.44. The van der Waals surface area contributed by atoms with E-state index in [9.17, 15) is 9.59 Å². The number of aromatic nitrogens is 1. The summed E-state index contributed by atoms with van der Waals surface area (Å²) in [5, 5.41) is 6.87. The number of nitrogens with zero attached hydrogens (tertiary/aromatic N) is 2. The molecule has 192 valence electrons. The zero-order chi connectivity index (χ0) is 25.8. The molecule has 1 saturated heterocycles. The van der Waals surface area contributed by atoms with Crippen LogP contribution in [0.4, 0.5) is 5.69 Å². The number of hydrogen-bond donors (Lipinski definition) is 2. The van der Waals surface area contributed by atoms with Gasteiger partial charge < -0.3 is 15.5 Å². The Morgan fingerprint density at radius 3 is 2.54 bits per heavy atom. The maximum atomic E-state index is 13.1. The number of rotatable bonds is 6. The average molecular weight is 537 g/mol. The van der Waals surface area contributed by atoms with Crippen LogP contribution in [0.15, 0.2) is 60.9 Å². The van der Waals surface area contributed by atoms with Gasteiger partial charge in [-0.05, 0) is 79.6 Å². The minimum absolute atomic E-state index is 0.0378. The Hall–Kier alpha value is -3.09. The maximum Gasteiger partial charge on any atom is 0.252 e. The zero-order valence-electron chi connectivity index (χ0n) is 20.6. The standard InChI is InChI=1S/C29H30Cl2N4O2/c30-26-6-2-5-24(27(26)31)29(37)33-18-21-4-1-3-19-7-8-20(17-25(19)21)28(36)34-22-11-15-35(16-12-22)23-9-13-32-14-10-23/h2,5-10,13-14,17,21-22H,1,3-4,11-12,15-16,18H2,(H,33,37)(H,34,36). The third kappa shape index (κ3) is 5.91. The number of fused-ring (bicyclic) bond motifs is 1. The molecule has 37 heavy (non-hydrogen) atoms. The molecule has 1 aliphatic heterocycles. The number of nitrogens with one attached hydrogen (secondary N) is 2. The monoisotopic (exact) mass is 536 g/mol. The van der Waals surface area contributed by atoms with Crippen molar-refractivity contribution in [2.75, 3.05) is 24.5 Å². The fraction of sp³-hybridized carbons (Fsp3) is 0.345. The van der Waals surface area contributed by atoms with Crippen molar-refractivity contribution in [2.24, 2.45) is 0 Å². The molecule has 2 aliphatic rings. The Morgan fingerprint density at radius 2 is 1.76 bits per heavy atom. The van der Waals surface area contributed by atoms with Crippen molar-refractivity contribution in [2.45, 2.75) is 44.1 Å². The van der Waals surface area contributed by atoms with E-state index in [1.54, 1.807) is 18.2 Å². The molecule has 2 aromatic carbocycles. The van der Waals surface area contributed by atoms with E-state index in [4.69, 9.17) is 23.2 Å². The maximum absolute atomic E-state index is 13.1. The Bertz CT molecular complexity index is 1280. The van der Waals surface area contributed by atoms with E-state index < -0.39 is 0 Å². The number of aryl methyl sites for hydroxylation is 1. The van der Waals surface area contributed by atoms with Gasteiger partial charge in [0, 0.05) is 55.2 Å². The van der Waals surface area contributed by atoms with Crippen LogP contribution in [0.2, 0.25) is 10.0 Å². The van der Waals surface area contributed by atoms with Gasteiger partial charge in [-0.15, -0.1) is 0 Å². The van der Waals surface area contributed by atoms with Crippen molar-refractivity contribution >= 4 is 40.7 Å². The van der Waals surface area contributed by atoms with E-state index in [1.807, 2.05) is 36.7 Å². The van der Waals surface area contributed by atoms with Crippen LogP contribution in [-0.4, -0.2) is 42.5 Å². The summed E-state index contributed by atoms with van der Waals surface area (Å²) in [4.78, 5) is 32.3. The lowest BCUT2D eigenvalue weighted by Gasteiger charge is -2.34. The van der Waals surface area contributed by atoms with Gasteiger partial charge in [0.05, 0.1) is 15.6 Å². The molecule has 2 N–H and O–H groups in total. The highest BCUT2D eigenvalue weighted by molar-refractivity contribution is 6.43. The van der Waals surface area contributed by atoms with Gasteiger partial charge in [0.2, 0.25) is 0 Å². The molecule has 1 unspecified atom stereocenters. The average Bonchev–Trinajstić information content (AvgIpc) is 2.93. The molecule has 6 nitrogen and oxygen atoms in total. The van der Waals surface area contributed by atoms with Crippen LogP contribution in [0.25, 0.3) is 0 Å². The predicted molar refractivity (Wildman–Crippen MR) is 148 cm³/mol. The second kappa shape index (κ2) is 11.5. The minimum Gasteiger partial charge on any atom is -0.371 e. The summed E-state index contributed by atoms with van der Waals surface area (Å²) >= 11 is 12.3. The molecular formula is C29H30Cl2N4O2. The highest BCUT2D eigenvalue weighted by atomic mass is 35.5. The van der Waals surface area contributed by atoms with E-state index in [-0.39, 0.29) is 28.8 Å². The van der Waals surface area contributed by atoms with Crippen molar-refractivity contribution in [1.82, 2.24) is 15.6 Å². The summed E-state index contributed by atoms with van der Waals surface area (Å²) < 4.78 is 0. The van der Waals surface area contributed by atoms with Gasteiger partial charge in [-0.1, -0.05) is 35.3 Å². The molecule has 0 spiro atoms. The lowest BCUT2D eigenvalue weighted by atomic mass is 9.81. The summed E-state index contributed by atoms with van der Waals surface area (Å²) in [6, 6.07) is 15.2. The first-order valence-electron chi connectivity index (χ1n) is 12.8. The van der Waals surface area contributed by atoms with Gasteiger partial charge in [-0.3, -0.25) is 14.6 Å². The molecular weight excluding hydrogens is 507 g/mol. The second-order valence-electron chi connectivity index (χ2n) is 9.75. The van der Waals surface area contributed by atoms with Gasteiger partial charge in [-0.2, -0.15) is 0 Å². The smallest absolute Gasteiger partial charge is 0.252 e. The largest absolute Gasteiger partial charge is 0.371 e. The Labute approximate surface area is 227 Å². The summed E-state index contributed by atoms with van der Waals surface area (Å²) in [6.07, 6.45) is 8.41. The number of carbonyl (C=O) groups is 2. The number of hydrogen-bond acceptors (Lipinski definition) is 4. The van der Waals surface area contributed by atoms with Crippen molar-refractivity contribution in [3.8, 4) is 0 Å². The molecule has 1 fully saturated rings. The van der Waals surface area contributed by atoms with Crippen molar-refractivity contribution in [3.63, 3.8) is 0 Å². The van der Waals surface area contributed by atoms with Gasteiger partial charge in [0.15, 0.2) is 0 Å². The normalized spacial score (nSPS) is 17.7. The molecule has 2 heterocycles. The molecule has 0 bridgehead atoms. The topological polar surface area (TPSA) is 74.3 Å². The Kier molecular flexibility index (Phi) is 7.96. The summed E-state index contributed by atoms with van der Waals surface area (Å²) in [5.74, 6) is -0.141. The van der Waals surface area contributed by atoms with Gasteiger partial charge in [0.1, 0.15) is 0 Å². The number of amides is 2. The quantitative estimate of drug-likeness (QED) is 0.427. The highest BCUT2D eigenvalue weighted by Crippen LogP contribution is 2.32. The van der Waals surface area contributed by atoms with Crippen LogP contribution in [0.5, 0.6) is 0 Å². The molecule has 0 radical (unpaired) electrons. The van der Waals surface area contributed by atoms with E-state index in [1.165, 1.54) is 11.3 Å². The van der Waals surface area contributed by atoms with Crippen molar-refractivity contribution < 1.29 is 9.59 Å². The van der Waals surface area contributed by atoms with Gasteiger partial charge in [-0.25, -0.2) is 0 Å². The molecule has 1 aromatic heterocycles. The van der Waals surface area contributed by atoms with Gasteiger partial charge >= 0.3 is 0 Å². The lowest BCUT2D eigenvalue weighted by molar-refractivity contribution is 0.0927. The third-order valence-corrected chi connectivity index (χ3v) is 8.23. The van der Waals surface area contributed by atoms with Gasteiger partial charge in [0.25, 0.3) is 11.8 Å². The van der Waals surface area contributed by atoms with E-state index in [0.717, 1.165) is 50.8 Å². The number of benzene rings is 2. The van der Waals surface area contributed by atoms with Crippen LogP contribution in [-0.2, 0) is 6.42 Å². The van der Waals surface area contributed by atoms with Crippen LogP contribution < -0.4 is 15.5 Å². The first kappa shape index (κ1) is 25.6. The van der Waals surface area contributed by atoms with Crippen LogP contribution in [0.3, 0.4) is 0 Å². The third-order valence-electron chi connectivity index (χ3n) is 7.41. The summed E-state index contributed by atoms with van der Waals surface area (Å²) in [6.45, 7) is 2.28. The zero-order valence-corrected chi connectivity index (χ0v) is 22.1. The minimum atomic E-state index is -0.244. The molecule has 2 amide bonds. The summed E-state index contributed by atoms with van der Waals surface area (Å²) in [7, 11) is 0. The molecule has 1 aliphatic carbocycles. The van der Waals surface area contributed by atoms with Crippen molar-refractivity contribution in [1.29, 1.82) is 0 Å². The predicted octanol–water partition coefficient (Wildman–Crippen LogP) is 5.64. The van der Waals surface area contributed by atoms with Crippen LogP contribution in [0, 0.1) is 0 Å². The number of anilines is 1.